The Morgan fingerprint density at radius 1 is 1.26 bits per heavy atom. The zero-order valence-corrected chi connectivity index (χ0v) is 16.3. The lowest BCUT2D eigenvalue weighted by molar-refractivity contribution is -0.384. The van der Waals surface area contributed by atoms with Gasteiger partial charge in [0, 0.05) is 22.7 Å². The lowest BCUT2D eigenvalue weighted by Gasteiger charge is -2.26. The van der Waals surface area contributed by atoms with E-state index in [-0.39, 0.29) is 24.5 Å². The molecule has 0 spiro atoms. The molecule has 9 heteroatoms. The van der Waals surface area contributed by atoms with E-state index in [4.69, 9.17) is 25.8 Å². The quantitative estimate of drug-likeness (QED) is 0.282. The maximum absolute atomic E-state index is 12.1. The maximum Gasteiger partial charge on any atom is 0.338 e. The van der Waals surface area contributed by atoms with Crippen LogP contribution in [0.5, 0.6) is 0 Å². The van der Waals surface area contributed by atoms with Crippen LogP contribution in [0.2, 0.25) is 5.02 Å². The Morgan fingerprint density at radius 2 is 1.93 bits per heavy atom. The third-order valence-corrected chi connectivity index (χ3v) is 5.02. The van der Waals surface area contributed by atoms with Crippen LogP contribution in [-0.4, -0.2) is 35.5 Å². The number of halogens is 2. The number of rotatable bonds is 6. The molecule has 1 aliphatic heterocycles. The van der Waals surface area contributed by atoms with Gasteiger partial charge in [0.1, 0.15) is 12.7 Å². The van der Waals surface area contributed by atoms with Gasteiger partial charge in [0.05, 0.1) is 22.4 Å². The molecule has 0 bridgehead atoms. The van der Waals surface area contributed by atoms with Crippen LogP contribution >= 0.6 is 27.5 Å². The zero-order chi connectivity index (χ0) is 19.4. The Balaban J connectivity index is 1.59. The molecule has 1 aliphatic rings. The second-order valence-corrected chi connectivity index (χ2v) is 6.84. The van der Waals surface area contributed by atoms with Gasteiger partial charge in [0.2, 0.25) is 5.79 Å². The summed E-state index contributed by atoms with van der Waals surface area (Å²) < 4.78 is 17.1. The smallest absolute Gasteiger partial charge is 0.338 e. The van der Waals surface area contributed by atoms with Crippen LogP contribution in [0.1, 0.15) is 15.9 Å². The molecule has 0 amide bonds. The van der Waals surface area contributed by atoms with E-state index in [0.717, 1.165) is 5.56 Å². The molecule has 2 aromatic carbocycles. The minimum absolute atomic E-state index is 0.00182. The molecule has 0 radical (unpaired) electrons. The van der Waals surface area contributed by atoms with Gasteiger partial charge >= 0.3 is 5.97 Å². The molecule has 1 fully saturated rings. The molecule has 1 heterocycles. The van der Waals surface area contributed by atoms with E-state index in [1.165, 1.54) is 24.3 Å². The van der Waals surface area contributed by atoms with Gasteiger partial charge in [0.15, 0.2) is 0 Å². The fourth-order valence-electron chi connectivity index (χ4n) is 2.62. The number of non-ortho nitro benzene ring substituents is 1. The van der Waals surface area contributed by atoms with Crippen molar-refractivity contribution in [3.05, 3.63) is 74.8 Å². The summed E-state index contributed by atoms with van der Waals surface area (Å²) in [7, 11) is 0. The highest BCUT2D eigenvalue weighted by Gasteiger charge is 2.42. The Morgan fingerprint density at radius 3 is 2.52 bits per heavy atom. The number of nitrogens with zero attached hydrogens (tertiary/aromatic N) is 1. The predicted molar refractivity (Wildman–Crippen MR) is 101 cm³/mol. The van der Waals surface area contributed by atoms with Crippen molar-refractivity contribution >= 4 is 39.2 Å². The van der Waals surface area contributed by atoms with Crippen LogP contribution < -0.4 is 0 Å². The molecule has 0 aliphatic carbocycles. The summed E-state index contributed by atoms with van der Waals surface area (Å²) in [6.45, 7) is 0.250. The van der Waals surface area contributed by atoms with Crippen molar-refractivity contribution in [2.45, 2.75) is 11.9 Å². The molecule has 2 atom stereocenters. The number of carbonyl (C=O) groups is 1. The van der Waals surface area contributed by atoms with E-state index < -0.39 is 22.8 Å². The lowest BCUT2D eigenvalue weighted by atomic mass is 10.1. The average molecular weight is 457 g/mol. The van der Waals surface area contributed by atoms with Crippen molar-refractivity contribution in [1.29, 1.82) is 0 Å². The number of carbonyl (C=O) groups excluding carboxylic acids is 1. The number of benzene rings is 2. The monoisotopic (exact) mass is 455 g/mol. The molecule has 2 aromatic rings. The van der Waals surface area contributed by atoms with Crippen LogP contribution in [-0.2, 0) is 20.0 Å². The van der Waals surface area contributed by atoms with Gasteiger partial charge in [-0.1, -0.05) is 39.7 Å². The van der Waals surface area contributed by atoms with E-state index in [9.17, 15) is 14.9 Å². The third kappa shape index (κ3) is 4.47. The summed E-state index contributed by atoms with van der Waals surface area (Å²) >= 11 is 9.32. The summed E-state index contributed by atoms with van der Waals surface area (Å²) in [5.41, 5.74) is 0.932. The fraction of sp³-hybridized carbons (Fsp3) is 0.278. The zero-order valence-electron chi connectivity index (χ0n) is 14.0. The third-order valence-electron chi connectivity index (χ3n) is 4.03. The van der Waals surface area contributed by atoms with E-state index in [0.29, 0.717) is 10.4 Å². The summed E-state index contributed by atoms with van der Waals surface area (Å²) in [6, 6.07) is 12.3. The summed E-state index contributed by atoms with van der Waals surface area (Å²) in [6.07, 6.45) is -0.444. The Bertz CT molecular complexity index is 829. The SMILES string of the molecule is O=C(OC[C@@H]1CO[C@@](CBr)(c2ccc(Cl)cc2)O1)c1ccc([N+](=O)[O-])cc1. The summed E-state index contributed by atoms with van der Waals surface area (Å²) in [5, 5.41) is 11.7. The largest absolute Gasteiger partial charge is 0.459 e. The van der Waals surface area contributed by atoms with Gasteiger partial charge in [-0.25, -0.2) is 4.79 Å². The first-order chi connectivity index (χ1) is 12.9. The molecule has 1 saturated heterocycles. The summed E-state index contributed by atoms with van der Waals surface area (Å²) in [4.78, 5) is 22.2. The highest BCUT2D eigenvalue weighted by Crippen LogP contribution is 2.36. The van der Waals surface area contributed by atoms with Crippen LogP contribution in [0.25, 0.3) is 0 Å². The number of ether oxygens (including phenoxy) is 3. The topological polar surface area (TPSA) is 87.9 Å². The highest BCUT2D eigenvalue weighted by atomic mass is 79.9. The first-order valence-corrected chi connectivity index (χ1v) is 9.49. The molecule has 142 valence electrons. The number of alkyl halides is 1. The second-order valence-electron chi connectivity index (χ2n) is 5.85. The van der Waals surface area contributed by atoms with Gasteiger partial charge in [-0.15, -0.1) is 0 Å². The Hall–Kier alpha value is -2.00. The molecule has 0 aromatic heterocycles. The molecule has 7 nitrogen and oxygen atoms in total. The Kier molecular flexibility index (Phi) is 6.11. The van der Waals surface area contributed by atoms with Gasteiger partial charge in [-0.05, 0) is 24.3 Å². The molecule has 27 heavy (non-hydrogen) atoms. The van der Waals surface area contributed by atoms with Crippen LogP contribution in [0.3, 0.4) is 0 Å². The number of esters is 1. The standard InChI is InChI=1S/C18H15BrClNO6/c19-11-18(13-3-5-14(20)6-4-13)26-10-16(27-18)9-25-17(22)12-1-7-15(8-2-12)21(23)24/h1-8,16H,9-11H2/t16-,18-/m1/s1. The first kappa shape index (κ1) is 19.8. The Labute approximate surface area is 168 Å². The summed E-state index contributed by atoms with van der Waals surface area (Å²) in [5.74, 6) is -1.56. The van der Waals surface area contributed by atoms with Crippen molar-refractivity contribution in [1.82, 2.24) is 0 Å². The maximum atomic E-state index is 12.1. The normalized spacial score (nSPS) is 21.8. The van der Waals surface area contributed by atoms with Crippen molar-refractivity contribution in [2.24, 2.45) is 0 Å². The number of nitro groups is 1. The van der Waals surface area contributed by atoms with Gasteiger partial charge in [0.25, 0.3) is 5.69 Å². The van der Waals surface area contributed by atoms with E-state index in [1.54, 1.807) is 12.1 Å². The van der Waals surface area contributed by atoms with Crippen molar-refractivity contribution in [3.63, 3.8) is 0 Å². The molecular formula is C18H15BrClNO6. The van der Waals surface area contributed by atoms with E-state index in [2.05, 4.69) is 15.9 Å². The minimum Gasteiger partial charge on any atom is -0.459 e. The fourth-order valence-corrected chi connectivity index (χ4v) is 3.36. The molecule has 0 unspecified atom stereocenters. The number of hydrogen-bond acceptors (Lipinski definition) is 6. The van der Waals surface area contributed by atoms with Gasteiger partial charge in [-0.3, -0.25) is 10.1 Å². The van der Waals surface area contributed by atoms with Crippen molar-refractivity contribution in [3.8, 4) is 0 Å². The molecule has 0 N–H and O–H groups in total. The number of hydrogen-bond donors (Lipinski definition) is 0. The van der Waals surface area contributed by atoms with Gasteiger partial charge in [-0.2, -0.15) is 0 Å². The number of nitro benzene ring substituents is 1. The first-order valence-electron chi connectivity index (χ1n) is 7.99. The van der Waals surface area contributed by atoms with Crippen molar-refractivity contribution in [2.75, 3.05) is 18.5 Å². The lowest BCUT2D eigenvalue weighted by Crippen LogP contribution is -2.31. The molecular weight excluding hydrogens is 442 g/mol. The van der Waals surface area contributed by atoms with Crippen LogP contribution in [0.15, 0.2) is 48.5 Å². The van der Waals surface area contributed by atoms with Gasteiger partial charge < -0.3 is 14.2 Å². The average Bonchev–Trinajstić information content (AvgIpc) is 3.11. The van der Waals surface area contributed by atoms with Crippen LogP contribution in [0.4, 0.5) is 5.69 Å². The van der Waals surface area contributed by atoms with E-state index >= 15 is 0 Å². The highest BCUT2D eigenvalue weighted by molar-refractivity contribution is 9.09. The van der Waals surface area contributed by atoms with Crippen LogP contribution in [0, 0.1) is 10.1 Å². The minimum atomic E-state index is -0.977. The van der Waals surface area contributed by atoms with E-state index in [1.807, 2.05) is 12.1 Å². The predicted octanol–water partition coefficient (Wildman–Crippen LogP) is 4.07. The second kappa shape index (κ2) is 8.35. The van der Waals surface area contributed by atoms with Crippen molar-refractivity contribution < 1.29 is 23.9 Å². The molecule has 0 saturated carbocycles. The molecule has 3 rings (SSSR count).